The predicted molar refractivity (Wildman–Crippen MR) is 75.9 cm³/mol. The molecule has 5 nitrogen and oxygen atoms in total. The van der Waals surface area contributed by atoms with E-state index in [1.54, 1.807) is 12.1 Å². The number of hydrogen-bond donors (Lipinski definition) is 2. The Morgan fingerprint density at radius 2 is 2.05 bits per heavy atom. The lowest BCUT2D eigenvalue weighted by atomic mass is 9.99. The van der Waals surface area contributed by atoms with Crippen LogP contribution in [0.25, 0.3) is 0 Å². The van der Waals surface area contributed by atoms with Gasteiger partial charge < -0.3 is 20.3 Å². The van der Waals surface area contributed by atoms with Crippen LogP contribution in [0.1, 0.15) is 25.3 Å². The van der Waals surface area contributed by atoms with Crippen molar-refractivity contribution < 1.29 is 19.4 Å². The second-order valence-electron chi connectivity index (χ2n) is 4.32. The van der Waals surface area contributed by atoms with E-state index in [1.165, 1.54) is 7.11 Å². The van der Waals surface area contributed by atoms with E-state index in [9.17, 15) is 9.90 Å². The summed E-state index contributed by atoms with van der Waals surface area (Å²) in [6, 6.07) is 3.35. The molecule has 1 aromatic carbocycles. The van der Waals surface area contributed by atoms with E-state index in [0.29, 0.717) is 21.5 Å². The van der Waals surface area contributed by atoms with E-state index >= 15 is 0 Å². The Morgan fingerprint density at radius 1 is 1.42 bits per heavy atom. The highest BCUT2D eigenvalue weighted by Crippen LogP contribution is 2.37. The van der Waals surface area contributed by atoms with Crippen LogP contribution >= 0.6 is 15.9 Å². The average molecular weight is 332 g/mol. The van der Waals surface area contributed by atoms with Crippen LogP contribution in [0.2, 0.25) is 0 Å². The molecular formula is C13H18BrNO4. The minimum absolute atomic E-state index is 0.0153. The first-order chi connectivity index (χ1) is 8.90. The van der Waals surface area contributed by atoms with Gasteiger partial charge in [0.25, 0.3) is 0 Å². The van der Waals surface area contributed by atoms with Crippen LogP contribution in [0.3, 0.4) is 0 Å². The number of carboxylic acids is 1. The third-order valence-corrected chi connectivity index (χ3v) is 3.24. The van der Waals surface area contributed by atoms with Crippen molar-refractivity contribution in [3.05, 3.63) is 22.2 Å². The van der Waals surface area contributed by atoms with Crippen LogP contribution in [0.5, 0.6) is 11.5 Å². The molecule has 0 amide bonds. The minimum Gasteiger partial charge on any atom is -0.493 e. The average Bonchev–Trinajstić information content (AvgIpc) is 2.32. The van der Waals surface area contributed by atoms with Gasteiger partial charge in [-0.1, -0.05) is 15.9 Å². The van der Waals surface area contributed by atoms with Crippen molar-refractivity contribution in [3.63, 3.8) is 0 Å². The molecule has 19 heavy (non-hydrogen) atoms. The second kappa shape index (κ2) is 6.77. The lowest BCUT2D eigenvalue weighted by molar-refractivity contribution is -0.138. The molecular weight excluding hydrogens is 314 g/mol. The molecule has 1 rings (SSSR count). The van der Waals surface area contributed by atoms with Crippen LogP contribution in [0.4, 0.5) is 0 Å². The maximum atomic E-state index is 11.2. The van der Waals surface area contributed by atoms with E-state index < -0.39 is 11.9 Å². The van der Waals surface area contributed by atoms with Gasteiger partial charge in [0.1, 0.15) is 0 Å². The zero-order valence-corrected chi connectivity index (χ0v) is 12.7. The van der Waals surface area contributed by atoms with Crippen LogP contribution in [0.15, 0.2) is 16.6 Å². The first-order valence-electron chi connectivity index (χ1n) is 5.87. The molecule has 0 spiro atoms. The highest BCUT2D eigenvalue weighted by Gasteiger charge is 2.23. The maximum absolute atomic E-state index is 11.2. The predicted octanol–water partition coefficient (Wildman–Crippen LogP) is 2.37. The van der Waals surface area contributed by atoms with Crippen molar-refractivity contribution in [1.82, 2.24) is 0 Å². The number of ether oxygens (including phenoxy) is 2. The van der Waals surface area contributed by atoms with Gasteiger partial charge in [-0.05, 0) is 31.5 Å². The van der Waals surface area contributed by atoms with Crippen molar-refractivity contribution in [1.29, 1.82) is 0 Å². The smallest absolute Gasteiger partial charge is 0.312 e. The lowest BCUT2D eigenvalue weighted by Crippen LogP contribution is -2.21. The Morgan fingerprint density at radius 3 is 2.47 bits per heavy atom. The van der Waals surface area contributed by atoms with Crippen molar-refractivity contribution in [2.75, 3.05) is 13.7 Å². The number of rotatable bonds is 6. The fourth-order valence-electron chi connectivity index (χ4n) is 1.68. The van der Waals surface area contributed by atoms with Gasteiger partial charge in [-0.25, -0.2) is 0 Å². The van der Waals surface area contributed by atoms with Gasteiger partial charge in [-0.15, -0.1) is 0 Å². The monoisotopic (exact) mass is 331 g/mol. The maximum Gasteiger partial charge on any atom is 0.312 e. The Labute approximate surface area is 120 Å². The van der Waals surface area contributed by atoms with E-state index in [-0.39, 0.29) is 12.6 Å². The summed E-state index contributed by atoms with van der Waals surface area (Å²) >= 11 is 3.34. The van der Waals surface area contributed by atoms with Crippen LogP contribution in [-0.4, -0.2) is 30.8 Å². The standard InChI is InChI=1S/C13H18BrNO4/c1-7(2)19-12-4-8(9(6-15)13(16)17)10(14)5-11(12)18-3/h4-5,7,9H,6,15H2,1-3H3,(H,16,17). The van der Waals surface area contributed by atoms with E-state index in [1.807, 2.05) is 13.8 Å². The van der Waals surface area contributed by atoms with Gasteiger partial charge in [0, 0.05) is 11.0 Å². The molecule has 0 aliphatic heterocycles. The summed E-state index contributed by atoms with van der Waals surface area (Å²) in [4.78, 5) is 11.2. The number of carboxylic acid groups (broad SMARTS) is 1. The third kappa shape index (κ3) is 3.84. The van der Waals surface area contributed by atoms with Crippen molar-refractivity contribution in [2.45, 2.75) is 25.9 Å². The summed E-state index contributed by atoms with van der Waals surface area (Å²) < 4.78 is 11.5. The molecule has 0 saturated carbocycles. The molecule has 0 saturated heterocycles. The number of benzene rings is 1. The normalized spacial score (nSPS) is 12.3. The van der Waals surface area contributed by atoms with E-state index in [0.717, 1.165) is 0 Å². The second-order valence-corrected chi connectivity index (χ2v) is 5.17. The van der Waals surface area contributed by atoms with Crippen LogP contribution < -0.4 is 15.2 Å². The summed E-state index contributed by atoms with van der Waals surface area (Å²) in [5.41, 5.74) is 6.10. The minimum atomic E-state index is -0.969. The Balaban J connectivity index is 3.29. The molecule has 0 fully saturated rings. The quantitative estimate of drug-likeness (QED) is 0.836. The van der Waals surface area contributed by atoms with Crippen molar-refractivity contribution in [3.8, 4) is 11.5 Å². The summed E-state index contributed by atoms with van der Waals surface area (Å²) in [5, 5.41) is 9.18. The van der Waals surface area contributed by atoms with E-state index in [2.05, 4.69) is 15.9 Å². The van der Waals surface area contributed by atoms with Crippen LogP contribution in [0, 0.1) is 0 Å². The summed E-state index contributed by atoms with van der Waals surface area (Å²) in [6.45, 7) is 3.79. The third-order valence-electron chi connectivity index (χ3n) is 2.55. The Kier molecular flexibility index (Phi) is 5.62. The van der Waals surface area contributed by atoms with Gasteiger partial charge in [0.15, 0.2) is 11.5 Å². The Bertz CT molecular complexity index is 462. The molecule has 1 atom stereocenters. The molecule has 6 heteroatoms. The molecule has 0 heterocycles. The summed E-state index contributed by atoms with van der Waals surface area (Å²) in [7, 11) is 1.53. The van der Waals surface area contributed by atoms with Gasteiger partial charge in [-0.3, -0.25) is 4.79 Å². The summed E-state index contributed by atoms with van der Waals surface area (Å²) in [5.74, 6) is -0.695. The zero-order chi connectivity index (χ0) is 14.6. The SMILES string of the molecule is COc1cc(Br)c(C(CN)C(=O)O)cc1OC(C)C. The molecule has 0 bridgehead atoms. The molecule has 0 aromatic heterocycles. The molecule has 1 aromatic rings. The van der Waals surface area contributed by atoms with Crippen LogP contribution in [-0.2, 0) is 4.79 Å². The topological polar surface area (TPSA) is 81.8 Å². The van der Waals surface area contributed by atoms with Crippen molar-refractivity contribution >= 4 is 21.9 Å². The zero-order valence-electron chi connectivity index (χ0n) is 11.1. The molecule has 0 aliphatic rings. The van der Waals surface area contributed by atoms with Gasteiger partial charge in [0.05, 0.1) is 19.1 Å². The number of methoxy groups -OCH3 is 1. The molecule has 0 aliphatic carbocycles. The highest BCUT2D eigenvalue weighted by molar-refractivity contribution is 9.10. The molecule has 1 unspecified atom stereocenters. The fraction of sp³-hybridized carbons (Fsp3) is 0.462. The molecule has 3 N–H and O–H groups in total. The highest BCUT2D eigenvalue weighted by atomic mass is 79.9. The number of hydrogen-bond acceptors (Lipinski definition) is 4. The van der Waals surface area contributed by atoms with Gasteiger partial charge >= 0.3 is 5.97 Å². The summed E-state index contributed by atoms with van der Waals surface area (Å²) in [6.07, 6.45) is -0.0379. The molecule has 0 radical (unpaired) electrons. The van der Waals surface area contributed by atoms with Gasteiger partial charge in [-0.2, -0.15) is 0 Å². The Hall–Kier alpha value is -1.27. The van der Waals surface area contributed by atoms with Gasteiger partial charge in [0.2, 0.25) is 0 Å². The van der Waals surface area contributed by atoms with Crippen molar-refractivity contribution in [2.24, 2.45) is 5.73 Å². The number of aliphatic carboxylic acids is 1. The first-order valence-corrected chi connectivity index (χ1v) is 6.67. The van der Waals surface area contributed by atoms with E-state index in [4.69, 9.17) is 15.2 Å². The number of carbonyl (C=O) groups is 1. The fourth-order valence-corrected chi connectivity index (χ4v) is 2.28. The largest absolute Gasteiger partial charge is 0.493 e. The number of nitrogens with two attached hydrogens (primary N) is 1. The lowest BCUT2D eigenvalue weighted by Gasteiger charge is -2.18. The first kappa shape index (κ1) is 15.8. The molecule has 106 valence electrons. The number of halogens is 1.